The largest absolute Gasteiger partial charge is 0.496 e. The Kier molecular flexibility index (Phi) is 5.31. The number of hydrogen-bond acceptors (Lipinski definition) is 4. The highest BCUT2D eigenvalue weighted by Crippen LogP contribution is 2.20. The van der Waals surface area contributed by atoms with Crippen LogP contribution in [0.3, 0.4) is 0 Å². The molecule has 0 saturated heterocycles. The number of nitrogens with one attached hydrogen (secondary N) is 1. The van der Waals surface area contributed by atoms with Crippen LogP contribution in [0.1, 0.15) is 34.2 Å². The van der Waals surface area contributed by atoms with Crippen molar-refractivity contribution in [3.8, 4) is 5.75 Å². The van der Waals surface area contributed by atoms with Crippen molar-refractivity contribution < 1.29 is 13.9 Å². The molecule has 0 radical (unpaired) electrons. The maximum Gasteiger partial charge on any atom is 0.287 e. The second kappa shape index (κ2) is 7.66. The van der Waals surface area contributed by atoms with E-state index in [0.29, 0.717) is 17.4 Å². The van der Waals surface area contributed by atoms with Gasteiger partial charge in [0.25, 0.3) is 5.91 Å². The fourth-order valence-electron chi connectivity index (χ4n) is 3.07. The van der Waals surface area contributed by atoms with E-state index in [1.54, 1.807) is 19.2 Å². The predicted octanol–water partition coefficient (Wildman–Crippen LogP) is 3.78. The van der Waals surface area contributed by atoms with Gasteiger partial charge in [-0.05, 0) is 62.1 Å². The number of rotatable bonds is 5. The first-order chi connectivity index (χ1) is 12.9. The summed E-state index contributed by atoms with van der Waals surface area (Å²) < 4.78 is 11.0. The second-order valence-electron chi connectivity index (χ2n) is 6.80. The lowest BCUT2D eigenvalue weighted by molar-refractivity contribution is 0.0912. The zero-order valence-corrected chi connectivity index (χ0v) is 16.0. The van der Waals surface area contributed by atoms with E-state index in [1.807, 2.05) is 45.0 Å². The van der Waals surface area contributed by atoms with Gasteiger partial charge in [-0.1, -0.05) is 18.2 Å². The van der Waals surface area contributed by atoms with E-state index in [9.17, 15) is 9.59 Å². The number of ether oxygens (including phenoxy) is 1. The Labute approximate surface area is 158 Å². The average Bonchev–Trinajstić information content (AvgIpc) is 2.63. The number of carbonyl (C=O) groups is 1. The van der Waals surface area contributed by atoms with Gasteiger partial charge in [-0.3, -0.25) is 9.59 Å². The molecule has 2 aromatic carbocycles. The molecule has 0 bridgehead atoms. The summed E-state index contributed by atoms with van der Waals surface area (Å²) in [6, 6.07) is 12.4. The third-order valence-corrected chi connectivity index (χ3v) is 4.66. The summed E-state index contributed by atoms with van der Waals surface area (Å²) in [5.41, 5.74) is 3.22. The van der Waals surface area contributed by atoms with E-state index in [4.69, 9.17) is 9.15 Å². The van der Waals surface area contributed by atoms with Crippen molar-refractivity contribution in [3.05, 3.63) is 75.1 Å². The fraction of sp³-hybridized carbons (Fsp3) is 0.273. The summed E-state index contributed by atoms with van der Waals surface area (Å²) in [5.74, 6) is 0.388. The molecular formula is C22H23NO4. The highest BCUT2D eigenvalue weighted by atomic mass is 16.5. The van der Waals surface area contributed by atoms with Gasteiger partial charge in [0.1, 0.15) is 11.3 Å². The molecule has 0 unspecified atom stereocenters. The van der Waals surface area contributed by atoms with Crippen LogP contribution in [0.4, 0.5) is 0 Å². The van der Waals surface area contributed by atoms with Crippen LogP contribution in [0.2, 0.25) is 0 Å². The van der Waals surface area contributed by atoms with Crippen LogP contribution < -0.4 is 15.5 Å². The van der Waals surface area contributed by atoms with Gasteiger partial charge in [0.05, 0.1) is 12.5 Å². The van der Waals surface area contributed by atoms with Crippen molar-refractivity contribution in [1.82, 2.24) is 5.32 Å². The molecule has 1 aromatic heterocycles. The molecule has 3 rings (SSSR count). The second-order valence-corrected chi connectivity index (χ2v) is 6.80. The van der Waals surface area contributed by atoms with Gasteiger partial charge >= 0.3 is 0 Å². The SMILES string of the molecule is COc1ccccc1C[C@H](C)NC(=O)c1cc(=O)c2cc(C)c(C)cc2o1. The molecule has 3 aromatic rings. The molecule has 0 aliphatic carbocycles. The molecule has 140 valence electrons. The summed E-state index contributed by atoms with van der Waals surface area (Å²) >= 11 is 0. The number of para-hydroxylation sites is 1. The van der Waals surface area contributed by atoms with E-state index >= 15 is 0 Å². The summed E-state index contributed by atoms with van der Waals surface area (Å²) in [6.07, 6.45) is 0.603. The minimum atomic E-state index is -0.408. The van der Waals surface area contributed by atoms with E-state index < -0.39 is 5.91 Å². The van der Waals surface area contributed by atoms with Crippen molar-refractivity contribution in [1.29, 1.82) is 0 Å². The lowest BCUT2D eigenvalue weighted by Gasteiger charge is -2.15. The van der Waals surface area contributed by atoms with Gasteiger partial charge in [-0.25, -0.2) is 0 Å². The Balaban J connectivity index is 1.81. The molecule has 0 spiro atoms. The minimum Gasteiger partial charge on any atom is -0.496 e. The Hall–Kier alpha value is -3.08. The van der Waals surface area contributed by atoms with Gasteiger partial charge < -0.3 is 14.5 Å². The summed E-state index contributed by atoms with van der Waals surface area (Å²) in [4.78, 5) is 24.9. The molecule has 5 heteroatoms. The maximum atomic E-state index is 12.6. The highest BCUT2D eigenvalue weighted by Gasteiger charge is 2.16. The van der Waals surface area contributed by atoms with Gasteiger partial charge in [-0.2, -0.15) is 0 Å². The van der Waals surface area contributed by atoms with Gasteiger partial charge in [0.15, 0.2) is 11.2 Å². The molecule has 1 N–H and O–H groups in total. The van der Waals surface area contributed by atoms with Crippen LogP contribution >= 0.6 is 0 Å². The first kappa shape index (κ1) is 18.7. The number of benzene rings is 2. The molecule has 0 aliphatic heterocycles. The van der Waals surface area contributed by atoms with Crippen LogP contribution in [-0.2, 0) is 6.42 Å². The Morgan fingerprint density at radius 1 is 1.15 bits per heavy atom. The molecule has 0 fully saturated rings. The zero-order valence-electron chi connectivity index (χ0n) is 16.0. The molecule has 1 amide bonds. The monoisotopic (exact) mass is 365 g/mol. The van der Waals surface area contributed by atoms with Crippen molar-refractivity contribution in [3.63, 3.8) is 0 Å². The molecule has 1 heterocycles. The number of hydrogen-bond donors (Lipinski definition) is 1. The van der Waals surface area contributed by atoms with Crippen LogP contribution in [0.25, 0.3) is 11.0 Å². The van der Waals surface area contributed by atoms with Gasteiger partial charge in [0, 0.05) is 12.1 Å². The number of carbonyl (C=O) groups excluding carboxylic acids is 1. The Bertz CT molecular complexity index is 1050. The summed E-state index contributed by atoms with van der Waals surface area (Å²) in [6.45, 7) is 5.78. The predicted molar refractivity (Wildman–Crippen MR) is 106 cm³/mol. The Morgan fingerprint density at radius 3 is 2.59 bits per heavy atom. The van der Waals surface area contributed by atoms with Crippen molar-refractivity contribution >= 4 is 16.9 Å². The third-order valence-electron chi connectivity index (χ3n) is 4.66. The van der Waals surface area contributed by atoms with Gasteiger partial charge in [0.2, 0.25) is 0 Å². The minimum absolute atomic E-state index is 0.0163. The number of amides is 1. The molecule has 1 atom stereocenters. The lowest BCUT2D eigenvalue weighted by Crippen LogP contribution is -2.34. The first-order valence-electron chi connectivity index (χ1n) is 8.87. The quantitative estimate of drug-likeness (QED) is 0.747. The third kappa shape index (κ3) is 4.03. The summed E-state index contributed by atoms with van der Waals surface area (Å²) in [7, 11) is 1.62. The first-order valence-corrected chi connectivity index (χ1v) is 8.87. The van der Waals surface area contributed by atoms with E-state index in [-0.39, 0.29) is 17.2 Å². The maximum absolute atomic E-state index is 12.6. The van der Waals surface area contributed by atoms with E-state index in [2.05, 4.69) is 5.32 Å². The van der Waals surface area contributed by atoms with Crippen LogP contribution in [-0.4, -0.2) is 19.1 Å². The smallest absolute Gasteiger partial charge is 0.287 e. The van der Waals surface area contributed by atoms with E-state index in [1.165, 1.54) is 6.07 Å². The highest BCUT2D eigenvalue weighted by molar-refractivity contribution is 5.93. The zero-order chi connectivity index (χ0) is 19.6. The molecular weight excluding hydrogens is 342 g/mol. The van der Waals surface area contributed by atoms with Crippen molar-refractivity contribution in [2.75, 3.05) is 7.11 Å². The number of fused-ring (bicyclic) bond motifs is 1. The van der Waals surface area contributed by atoms with Crippen LogP contribution in [0, 0.1) is 13.8 Å². The fourth-order valence-corrected chi connectivity index (χ4v) is 3.07. The normalized spacial score (nSPS) is 12.0. The van der Waals surface area contributed by atoms with Crippen LogP contribution in [0.15, 0.2) is 51.7 Å². The van der Waals surface area contributed by atoms with Crippen LogP contribution in [0.5, 0.6) is 5.75 Å². The van der Waals surface area contributed by atoms with Gasteiger partial charge in [-0.15, -0.1) is 0 Å². The topological polar surface area (TPSA) is 68.5 Å². The lowest BCUT2D eigenvalue weighted by atomic mass is 10.1. The average molecular weight is 365 g/mol. The molecule has 5 nitrogen and oxygen atoms in total. The Morgan fingerprint density at radius 2 is 1.85 bits per heavy atom. The molecule has 0 saturated carbocycles. The van der Waals surface area contributed by atoms with E-state index in [0.717, 1.165) is 22.4 Å². The number of aryl methyl sites for hydroxylation is 2. The molecule has 0 aliphatic rings. The number of methoxy groups -OCH3 is 1. The van der Waals surface area contributed by atoms with Crippen molar-refractivity contribution in [2.24, 2.45) is 0 Å². The summed E-state index contributed by atoms with van der Waals surface area (Å²) in [5, 5.41) is 3.37. The molecule has 27 heavy (non-hydrogen) atoms. The standard InChI is InChI=1S/C22H23NO4/c1-13-9-17-18(24)12-21(27-20(17)10-14(13)2)22(25)23-15(3)11-16-7-5-6-8-19(16)26-4/h5-10,12,15H,11H2,1-4H3,(H,23,25)/t15-/m0/s1. The van der Waals surface area contributed by atoms with Crippen molar-refractivity contribution in [2.45, 2.75) is 33.2 Å².